The third-order valence-corrected chi connectivity index (χ3v) is 5.28. The lowest BCUT2D eigenvalue weighted by molar-refractivity contribution is -0.135. The predicted octanol–water partition coefficient (Wildman–Crippen LogP) is 1.25. The quantitative estimate of drug-likeness (QED) is 0.801. The number of piperidine rings is 1. The van der Waals surface area contributed by atoms with E-state index in [9.17, 15) is 14.0 Å². The van der Waals surface area contributed by atoms with Crippen molar-refractivity contribution in [1.29, 1.82) is 0 Å². The van der Waals surface area contributed by atoms with Crippen LogP contribution in [0.5, 0.6) is 0 Å². The molecule has 2 amide bonds. The molecule has 3 heterocycles. The van der Waals surface area contributed by atoms with Gasteiger partial charge in [-0.25, -0.2) is 9.07 Å². The second-order valence-electron chi connectivity index (χ2n) is 7.24. The topological polar surface area (TPSA) is 83.4 Å². The van der Waals surface area contributed by atoms with Gasteiger partial charge in [0.1, 0.15) is 12.4 Å². The van der Waals surface area contributed by atoms with Gasteiger partial charge in [-0.1, -0.05) is 17.3 Å². The van der Waals surface area contributed by atoms with Crippen molar-refractivity contribution < 1.29 is 14.0 Å². The molecule has 1 aromatic carbocycles. The Morgan fingerprint density at radius 2 is 2.03 bits per heavy atom. The number of amides is 2. The van der Waals surface area contributed by atoms with Crippen LogP contribution in [-0.2, 0) is 11.3 Å². The van der Waals surface area contributed by atoms with Gasteiger partial charge in [-0.05, 0) is 43.6 Å². The van der Waals surface area contributed by atoms with Crippen molar-refractivity contribution in [3.05, 3.63) is 47.5 Å². The second-order valence-corrected chi connectivity index (χ2v) is 7.24. The van der Waals surface area contributed by atoms with Gasteiger partial charge in [0.05, 0.1) is 12.2 Å². The Labute approximate surface area is 174 Å². The molecule has 0 bridgehead atoms. The molecule has 2 aliphatic heterocycles. The van der Waals surface area contributed by atoms with Crippen molar-refractivity contribution in [2.24, 2.45) is 0 Å². The summed E-state index contributed by atoms with van der Waals surface area (Å²) in [6.45, 7) is 3.01. The van der Waals surface area contributed by atoms with E-state index in [4.69, 9.17) is 0 Å². The largest absolute Gasteiger partial charge is 0.335 e. The van der Waals surface area contributed by atoms with Gasteiger partial charge in [-0.2, -0.15) is 0 Å². The van der Waals surface area contributed by atoms with Gasteiger partial charge in [0.2, 0.25) is 5.91 Å². The minimum absolute atomic E-state index is 0. The first-order chi connectivity index (χ1) is 13.6. The van der Waals surface area contributed by atoms with Crippen LogP contribution < -0.4 is 5.32 Å². The molecule has 0 radical (unpaired) electrons. The number of carbonyl (C=O) groups excluding carboxylic acids is 2. The van der Waals surface area contributed by atoms with Crippen LogP contribution >= 0.6 is 12.4 Å². The highest BCUT2D eigenvalue weighted by molar-refractivity contribution is 5.95. The first-order valence-corrected chi connectivity index (χ1v) is 9.54. The van der Waals surface area contributed by atoms with Gasteiger partial charge >= 0.3 is 0 Å². The molecular formula is C19H24ClFN6O2. The number of halogens is 2. The predicted molar refractivity (Wildman–Crippen MR) is 106 cm³/mol. The minimum Gasteiger partial charge on any atom is -0.335 e. The fraction of sp³-hybridized carbons (Fsp3) is 0.474. The Kier molecular flexibility index (Phi) is 6.81. The fourth-order valence-electron chi connectivity index (χ4n) is 3.69. The van der Waals surface area contributed by atoms with Crippen LogP contribution in [0.1, 0.15) is 34.9 Å². The molecule has 10 heteroatoms. The zero-order valence-corrected chi connectivity index (χ0v) is 16.8. The maximum atomic E-state index is 13.3. The summed E-state index contributed by atoms with van der Waals surface area (Å²) in [5, 5.41) is 11.4. The Morgan fingerprint density at radius 3 is 2.76 bits per heavy atom. The van der Waals surface area contributed by atoms with Crippen LogP contribution in [0.3, 0.4) is 0 Å². The summed E-state index contributed by atoms with van der Waals surface area (Å²) in [7, 11) is 0. The fourth-order valence-corrected chi connectivity index (χ4v) is 3.69. The van der Waals surface area contributed by atoms with Gasteiger partial charge in [0, 0.05) is 19.6 Å². The van der Waals surface area contributed by atoms with E-state index < -0.39 is 0 Å². The van der Waals surface area contributed by atoms with Crippen molar-refractivity contribution in [3.8, 4) is 0 Å². The Morgan fingerprint density at radius 1 is 1.24 bits per heavy atom. The van der Waals surface area contributed by atoms with E-state index in [2.05, 4.69) is 15.6 Å². The summed E-state index contributed by atoms with van der Waals surface area (Å²) >= 11 is 0. The third kappa shape index (κ3) is 4.91. The normalized spacial score (nSPS) is 17.9. The number of hydrogen-bond acceptors (Lipinski definition) is 5. The third-order valence-electron chi connectivity index (χ3n) is 5.28. The standard InChI is InChI=1S/C19H23FN6O2.ClH/c20-15-3-1-2-14(10-15)11-24-8-9-25(13-18(24)27)19(28)17-12-26(23-22-17)16-4-6-21-7-5-16;/h1-3,10,12,16,21H,4-9,11,13H2;1H. The number of hydrogen-bond donors (Lipinski definition) is 1. The SMILES string of the molecule is Cl.O=C1CN(C(=O)c2cn(C3CCNCC3)nn2)CCN1Cc1cccc(F)c1. The monoisotopic (exact) mass is 422 g/mol. The first kappa shape index (κ1) is 21.2. The zero-order valence-electron chi connectivity index (χ0n) is 16.0. The molecule has 4 rings (SSSR count). The maximum absolute atomic E-state index is 13.3. The smallest absolute Gasteiger partial charge is 0.276 e. The molecule has 2 aliphatic rings. The molecule has 0 saturated carbocycles. The molecule has 0 unspecified atom stereocenters. The number of piperazine rings is 1. The zero-order chi connectivity index (χ0) is 19.5. The number of carbonyl (C=O) groups is 2. The Balaban J connectivity index is 0.00000240. The highest BCUT2D eigenvalue weighted by Gasteiger charge is 2.29. The summed E-state index contributed by atoms with van der Waals surface area (Å²) < 4.78 is 15.1. The van der Waals surface area contributed by atoms with Crippen molar-refractivity contribution in [3.63, 3.8) is 0 Å². The van der Waals surface area contributed by atoms with Crippen molar-refractivity contribution in [1.82, 2.24) is 30.1 Å². The summed E-state index contributed by atoms with van der Waals surface area (Å²) in [5.41, 5.74) is 1.00. The molecule has 0 aliphatic carbocycles. The van der Waals surface area contributed by atoms with Crippen LogP contribution in [0.4, 0.5) is 4.39 Å². The van der Waals surface area contributed by atoms with Gasteiger partial charge in [-0.15, -0.1) is 17.5 Å². The van der Waals surface area contributed by atoms with Gasteiger partial charge in [0.15, 0.2) is 5.69 Å². The van der Waals surface area contributed by atoms with E-state index in [1.54, 1.807) is 27.9 Å². The average molecular weight is 423 g/mol. The van der Waals surface area contributed by atoms with Crippen LogP contribution in [0.25, 0.3) is 0 Å². The van der Waals surface area contributed by atoms with Gasteiger partial charge in [0.25, 0.3) is 5.91 Å². The van der Waals surface area contributed by atoms with Crippen molar-refractivity contribution in [2.75, 3.05) is 32.7 Å². The van der Waals surface area contributed by atoms with E-state index in [0.717, 1.165) is 31.5 Å². The summed E-state index contributed by atoms with van der Waals surface area (Å²) in [6, 6.07) is 6.45. The molecule has 0 atom stereocenters. The number of nitrogens with one attached hydrogen (secondary N) is 1. The molecule has 1 N–H and O–H groups in total. The van der Waals surface area contributed by atoms with E-state index in [1.165, 1.54) is 17.0 Å². The molecule has 2 fully saturated rings. The number of aromatic nitrogens is 3. The van der Waals surface area contributed by atoms with Crippen LogP contribution in [0.2, 0.25) is 0 Å². The Hall–Kier alpha value is -2.52. The van der Waals surface area contributed by atoms with Gasteiger partial charge < -0.3 is 15.1 Å². The Bertz CT molecular complexity index is 870. The van der Waals surface area contributed by atoms with Crippen LogP contribution in [0.15, 0.2) is 30.5 Å². The van der Waals surface area contributed by atoms with Gasteiger partial charge in [-0.3, -0.25) is 9.59 Å². The average Bonchev–Trinajstić information content (AvgIpc) is 3.20. The summed E-state index contributed by atoms with van der Waals surface area (Å²) in [4.78, 5) is 28.3. The minimum atomic E-state index is -0.324. The van der Waals surface area contributed by atoms with E-state index in [-0.39, 0.29) is 48.3 Å². The van der Waals surface area contributed by atoms with Crippen LogP contribution in [-0.4, -0.2) is 69.3 Å². The molecule has 8 nitrogen and oxygen atoms in total. The lowest BCUT2D eigenvalue weighted by Gasteiger charge is -2.34. The molecular weight excluding hydrogens is 399 g/mol. The number of rotatable bonds is 4. The lowest BCUT2D eigenvalue weighted by Crippen LogP contribution is -2.51. The maximum Gasteiger partial charge on any atom is 0.276 e. The molecule has 156 valence electrons. The molecule has 1 aromatic heterocycles. The summed E-state index contributed by atoms with van der Waals surface area (Å²) in [6.07, 6.45) is 3.59. The van der Waals surface area contributed by atoms with Crippen LogP contribution in [0, 0.1) is 5.82 Å². The molecule has 29 heavy (non-hydrogen) atoms. The number of nitrogens with zero attached hydrogens (tertiary/aromatic N) is 5. The molecule has 2 saturated heterocycles. The van der Waals surface area contributed by atoms with E-state index in [1.807, 2.05) is 0 Å². The molecule has 2 aromatic rings. The first-order valence-electron chi connectivity index (χ1n) is 9.54. The number of benzene rings is 1. The van der Waals surface area contributed by atoms with E-state index in [0.29, 0.717) is 19.6 Å². The summed E-state index contributed by atoms with van der Waals surface area (Å²) in [5.74, 6) is -0.760. The van der Waals surface area contributed by atoms with Crippen molar-refractivity contribution >= 4 is 24.2 Å². The second kappa shape index (κ2) is 9.32. The van der Waals surface area contributed by atoms with Crippen molar-refractivity contribution in [2.45, 2.75) is 25.4 Å². The molecule has 0 spiro atoms. The highest BCUT2D eigenvalue weighted by Crippen LogP contribution is 2.18. The lowest BCUT2D eigenvalue weighted by atomic mass is 10.1. The highest BCUT2D eigenvalue weighted by atomic mass is 35.5. The van der Waals surface area contributed by atoms with E-state index >= 15 is 0 Å².